The Bertz CT molecular complexity index is 881. The zero-order valence-corrected chi connectivity index (χ0v) is 15.3. The smallest absolute Gasteiger partial charge is 0.416 e. The minimum atomic E-state index is -4.57. The van der Waals surface area contributed by atoms with Gasteiger partial charge in [-0.25, -0.2) is 13.4 Å². The van der Waals surface area contributed by atoms with E-state index in [1.807, 2.05) is 0 Å². The van der Waals surface area contributed by atoms with Crippen LogP contribution >= 0.6 is 0 Å². The molecule has 2 aromatic rings. The standard InChI is InChI=1S/C17H19F3N2O3S/c1-11(2)25-13-7-6-12(14(9-13)17(18,19)20)10-22-16-15(26(3,23)24)5-4-8-21-16/h4-9,11H,10H2,1-3H3,(H,21,22). The number of nitrogens with zero attached hydrogens (tertiary/aromatic N) is 1. The lowest BCUT2D eigenvalue weighted by Crippen LogP contribution is -2.14. The molecule has 0 aliphatic rings. The number of anilines is 1. The zero-order chi connectivity index (χ0) is 19.5. The summed E-state index contributed by atoms with van der Waals surface area (Å²) >= 11 is 0. The number of rotatable bonds is 6. The predicted molar refractivity (Wildman–Crippen MR) is 91.9 cm³/mol. The molecule has 0 atom stereocenters. The second-order valence-electron chi connectivity index (χ2n) is 5.96. The summed E-state index contributed by atoms with van der Waals surface area (Å²) in [6.07, 6.45) is -2.46. The third kappa shape index (κ3) is 5.10. The van der Waals surface area contributed by atoms with E-state index in [0.29, 0.717) is 0 Å². The molecule has 1 heterocycles. The number of alkyl halides is 3. The Morgan fingerprint density at radius 3 is 2.50 bits per heavy atom. The summed E-state index contributed by atoms with van der Waals surface area (Å²) in [6, 6.07) is 6.47. The van der Waals surface area contributed by atoms with Gasteiger partial charge in [-0.1, -0.05) is 6.07 Å². The summed E-state index contributed by atoms with van der Waals surface area (Å²) in [5, 5.41) is 2.68. The molecule has 1 aromatic heterocycles. The van der Waals surface area contributed by atoms with Gasteiger partial charge in [0.1, 0.15) is 16.5 Å². The van der Waals surface area contributed by atoms with Gasteiger partial charge in [0.25, 0.3) is 0 Å². The second kappa shape index (κ2) is 7.53. The Kier molecular flexibility index (Phi) is 5.80. The van der Waals surface area contributed by atoms with Crippen molar-refractivity contribution < 1.29 is 26.3 Å². The van der Waals surface area contributed by atoms with E-state index in [0.717, 1.165) is 12.3 Å². The van der Waals surface area contributed by atoms with Crippen LogP contribution in [0, 0.1) is 0 Å². The van der Waals surface area contributed by atoms with Crippen LogP contribution in [0.4, 0.5) is 19.0 Å². The molecule has 0 unspecified atom stereocenters. The first-order chi connectivity index (χ1) is 12.0. The van der Waals surface area contributed by atoms with Gasteiger partial charge in [0.2, 0.25) is 0 Å². The van der Waals surface area contributed by atoms with E-state index in [-0.39, 0.29) is 34.7 Å². The highest BCUT2D eigenvalue weighted by Crippen LogP contribution is 2.35. The number of benzene rings is 1. The van der Waals surface area contributed by atoms with E-state index >= 15 is 0 Å². The first-order valence-corrected chi connectivity index (χ1v) is 9.63. The van der Waals surface area contributed by atoms with Crippen molar-refractivity contribution in [3.63, 3.8) is 0 Å². The molecule has 0 aliphatic heterocycles. The quantitative estimate of drug-likeness (QED) is 0.813. The largest absolute Gasteiger partial charge is 0.491 e. The minimum absolute atomic E-state index is 0.00521. The number of nitrogens with one attached hydrogen (secondary N) is 1. The molecule has 0 aliphatic carbocycles. The number of hydrogen-bond acceptors (Lipinski definition) is 5. The molecule has 5 nitrogen and oxygen atoms in total. The fourth-order valence-corrected chi connectivity index (χ4v) is 3.12. The third-order valence-electron chi connectivity index (χ3n) is 3.37. The highest BCUT2D eigenvalue weighted by molar-refractivity contribution is 7.90. The number of halogens is 3. The number of ether oxygens (including phenoxy) is 1. The van der Waals surface area contributed by atoms with E-state index in [9.17, 15) is 21.6 Å². The fourth-order valence-electron chi connectivity index (χ4n) is 2.32. The van der Waals surface area contributed by atoms with Gasteiger partial charge in [-0.05, 0) is 43.7 Å². The molecule has 26 heavy (non-hydrogen) atoms. The summed E-state index contributed by atoms with van der Waals surface area (Å²) in [4.78, 5) is 3.84. The van der Waals surface area contributed by atoms with Crippen molar-refractivity contribution in [2.24, 2.45) is 0 Å². The number of hydrogen-bond donors (Lipinski definition) is 1. The average Bonchev–Trinajstić information content (AvgIpc) is 2.51. The summed E-state index contributed by atoms with van der Waals surface area (Å²) in [6.45, 7) is 3.20. The van der Waals surface area contributed by atoms with Crippen molar-refractivity contribution in [3.05, 3.63) is 47.7 Å². The Morgan fingerprint density at radius 1 is 1.23 bits per heavy atom. The molecule has 142 valence electrons. The molecule has 0 saturated carbocycles. The molecule has 0 radical (unpaired) electrons. The van der Waals surface area contributed by atoms with Gasteiger partial charge in [-0.3, -0.25) is 0 Å². The molecule has 9 heteroatoms. The summed E-state index contributed by atoms with van der Waals surface area (Å²) < 4.78 is 68.9. The number of pyridine rings is 1. The van der Waals surface area contributed by atoms with Crippen LogP contribution in [0.3, 0.4) is 0 Å². The summed E-state index contributed by atoms with van der Waals surface area (Å²) in [5.74, 6) is 0.122. The highest BCUT2D eigenvalue weighted by Gasteiger charge is 2.34. The predicted octanol–water partition coefficient (Wildman–Crippen LogP) is 3.90. The van der Waals surface area contributed by atoms with E-state index in [1.54, 1.807) is 13.8 Å². The Labute approximate surface area is 150 Å². The summed E-state index contributed by atoms with van der Waals surface area (Å²) in [7, 11) is -3.56. The molecule has 0 fully saturated rings. The van der Waals surface area contributed by atoms with Crippen molar-refractivity contribution in [1.29, 1.82) is 0 Å². The molecular formula is C17H19F3N2O3S. The molecule has 0 spiro atoms. The SMILES string of the molecule is CC(C)Oc1ccc(CNc2ncccc2S(C)(=O)=O)c(C(F)(F)F)c1. The summed E-state index contributed by atoms with van der Waals surface area (Å²) in [5.41, 5.74) is -0.890. The molecule has 0 bridgehead atoms. The first kappa shape index (κ1) is 20.0. The molecule has 0 amide bonds. The van der Waals surface area contributed by atoms with E-state index in [4.69, 9.17) is 4.74 Å². The van der Waals surface area contributed by atoms with Crippen LogP contribution in [0.25, 0.3) is 0 Å². The van der Waals surface area contributed by atoms with Crippen LogP contribution in [0.2, 0.25) is 0 Å². The maximum atomic E-state index is 13.4. The Balaban J connectivity index is 2.33. The van der Waals surface area contributed by atoms with Gasteiger partial charge in [-0.15, -0.1) is 0 Å². The van der Waals surface area contributed by atoms with Crippen LogP contribution in [-0.2, 0) is 22.6 Å². The minimum Gasteiger partial charge on any atom is -0.491 e. The van der Waals surface area contributed by atoms with E-state index in [1.165, 1.54) is 30.5 Å². The zero-order valence-electron chi connectivity index (χ0n) is 14.5. The lowest BCUT2D eigenvalue weighted by atomic mass is 10.1. The van der Waals surface area contributed by atoms with Crippen LogP contribution in [-0.4, -0.2) is 25.8 Å². The fraction of sp³-hybridized carbons (Fsp3) is 0.353. The van der Waals surface area contributed by atoms with Crippen LogP contribution in [0.15, 0.2) is 41.4 Å². The van der Waals surface area contributed by atoms with Crippen molar-refractivity contribution in [2.75, 3.05) is 11.6 Å². The van der Waals surface area contributed by atoms with Crippen molar-refractivity contribution in [1.82, 2.24) is 4.98 Å². The van der Waals surface area contributed by atoms with Gasteiger partial charge in [0.15, 0.2) is 9.84 Å². The number of aromatic nitrogens is 1. The van der Waals surface area contributed by atoms with Crippen molar-refractivity contribution >= 4 is 15.7 Å². The van der Waals surface area contributed by atoms with Crippen molar-refractivity contribution in [2.45, 2.75) is 37.6 Å². The average molecular weight is 388 g/mol. The van der Waals surface area contributed by atoms with Crippen LogP contribution in [0.5, 0.6) is 5.75 Å². The molecule has 0 saturated heterocycles. The molecule has 1 aromatic carbocycles. The molecular weight excluding hydrogens is 369 g/mol. The molecule has 1 N–H and O–H groups in total. The van der Waals surface area contributed by atoms with Gasteiger partial charge in [-0.2, -0.15) is 13.2 Å². The Morgan fingerprint density at radius 2 is 1.92 bits per heavy atom. The third-order valence-corrected chi connectivity index (χ3v) is 4.50. The van der Waals surface area contributed by atoms with E-state index < -0.39 is 21.6 Å². The van der Waals surface area contributed by atoms with Gasteiger partial charge in [0.05, 0.1) is 11.7 Å². The maximum absolute atomic E-state index is 13.4. The van der Waals surface area contributed by atoms with Gasteiger partial charge >= 0.3 is 6.18 Å². The van der Waals surface area contributed by atoms with E-state index in [2.05, 4.69) is 10.3 Å². The molecule has 2 rings (SSSR count). The second-order valence-corrected chi connectivity index (χ2v) is 7.94. The normalized spacial score (nSPS) is 12.3. The topological polar surface area (TPSA) is 68.3 Å². The lowest BCUT2D eigenvalue weighted by Gasteiger charge is -2.17. The maximum Gasteiger partial charge on any atom is 0.416 e. The van der Waals surface area contributed by atoms with Crippen molar-refractivity contribution in [3.8, 4) is 5.75 Å². The first-order valence-electron chi connectivity index (χ1n) is 7.74. The highest BCUT2D eigenvalue weighted by atomic mass is 32.2. The lowest BCUT2D eigenvalue weighted by molar-refractivity contribution is -0.138. The number of sulfone groups is 1. The van der Waals surface area contributed by atoms with Gasteiger partial charge in [0, 0.05) is 19.0 Å². The van der Waals surface area contributed by atoms with Gasteiger partial charge < -0.3 is 10.1 Å². The van der Waals surface area contributed by atoms with Crippen LogP contribution in [0.1, 0.15) is 25.0 Å². The van der Waals surface area contributed by atoms with Crippen LogP contribution < -0.4 is 10.1 Å². The monoisotopic (exact) mass is 388 g/mol. The Hall–Kier alpha value is -2.29.